The van der Waals surface area contributed by atoms with Crippen LogP contribution in [-0.2, 0) is 10.0 Å². The lowest BCUT2D eigenvalue weighted by Gasteiger charge is -2.30. The molecule has 1 aliphatic heterocycles. The first kappa shape index (κ1) is 15.3. The maximum atomic E-state index is 12.5. The molecule has 6 heteroatoms. The van der Waals surface area contributed by atoms with Crippen molar-refractivity contribution < 1.29 is 13.5 Å². The van der Waals surface area contributed by atoms with E-state index in [1.165, 1.54) is 4.31 Å². The molecule has 0 aromatic heterocycles. The molecular formula is C14H22N2O3S. The third kappa shape index (κ3) is 3.31. The van der Waals surface area contributed by atoms with E-state index in [1.807, 2.05) is 6.92 Å². The standard InChI is InChI=1S/C14H22N2O3S/c1-2-15-13-3-5-14(6-4-13)20(18,19)16-9-7-12(11-17)8-10-16/h3-6,12,15,17H,2,7-11H2,1H3. The van der Waals surface area contributed by atoms with Gasteiger partial charge in [-0.2, -0.15) is 4.31 Å². The molecule has 1 heterocycles. The van der Waals surface area contributed by atoms with Gasteiger partial charge in [-0.25, -0.2) is 8.42 Å². The first-order chi connectivity index (χ1) is 9.57. The highest BCUT2D eigenvalue weighted by Crippen LogP contribution is 2.24. The molecule has 0 unspecified atom stereocenters. The van der Waals surface area contributed by atoms with Crippen molar-refractivity contribution in [3.05, 3.63) is 24.3 Å². The van der Waals surface area contributed by atoms with Gasteiger partial charge in [-0.3, -0.25) is 0 Å². The van der Waals surface area contributed by atoms with Crippen LogP contribution in [0.3, 0.4) is 0 Å². The monoisotopic (exact) mass is 298 g/mol. The first-order valence-corrected chi connectivity index (χ1v) is 8.47. The molecule has 112 valence electrons. The van der Waals surface area contributed by atoms with Gasteiger partial charge in [-0.05, 0) is 49.9 Å². The molecule has 1 aliphatic rings. The molecule has 0 atom stereocenters. The average Bonchev–Trinajstić information content (AvgIpc) is 2.48. The quantitative estimate of drug-likeness (QED) is 0.864. The molecule has 20 heavy (non-hydrogen) atoms. The summed E-state index contributed by atoms with van der Waals surface area (Å²) in [6.07, 6.45) is 1.45. The second-order valence-electron chi connectivity index (χ2n) is 5.08. The molecular weight excluding hydrogens is 276 g/mol. The Morgan fingerprint density at radius 3 is 2.35 bits per heavy atom. The number of nitrogens with one attached hydrogen (secondary N) is 1. The molecule has 1 saturated heterocycles. The molecule has 0 spiro atoms. The second-order valence-corrected chi connectivity index (χ2v) is 7.02. The molecule has 1 aromatic rings. The van der Waals surface area contributed by atoms with Crippen molar-refractivity contribution in [2.75, 3.05) is 31.6 Å². The minimum Gasteiger partial charge on any atom is -0.396 e. The topological polar surface area (TPSA) is 69.6 Å². The Bertz CT molecular complexity index is 520. The van der Waals surface area contributed by atoms with Gasteiger partial charge in [0.1, 0.15) is 0 Å². The summed E-state index contributed by atoms with van der Waals surface area (Å²) in [6.45, 7) is 3.92. The highest BCUT2D eigenvalue weighted by Gasteiger charge is 2.28. The van der Waals surface area contributed by atoms with E-state index in [-0.39, 0.29) is 12.5 Å². The fraction of sp³-hybridized carbons (Fsp3) is 0.571. The fourth-order valence-electron chi connectivity index (χ4n) is 2.43. The molecule has 5 nitrogen and oxygen atoms in total. The fourth-order valence-corrected chi connectivity index (χ4v) is 3.90. The first-order valence-electron chi connectivity index (χ1n) is 7.03. The number of benzene rings is 1. The zero-order chi connectivity index (χ0) is 14.6. The van der Waals surface area contributed by atoms with Crippen molar-refractivity contribution in [1.29, 1.82) is 0 Å². The van der Waals surface area contributed by atoms with Gasteiger partial charge in [0.05, 0.1) is 4.90 Å². The van der Waals surface area contributed by atoms with Gasteiger partial charge < -0.3 is 10.4 Å². The van der Waals surface area contributed by atoms with Gasteiger partial charge in [-0.15, -0.1) is 0 Å². The van der Waals surface area contributed by atoms with Crippen LogP contribution < -0.4 is 5.32 Å². The zero-order valence-electron chi connectivity index (χ0n) is 11.7. The number of anilines is 1. The molecule has 2 rings (SSSR count). The summed E-state index contributed by atoms with van der Waals surface area (Å²) >= 11 is 0. The summed E-state index contributed by atoms with van der Waals surface area (Å²) in [6, 6.07) is 6.87. The summed E-state index contributed by atoms with van der Waals surface area (Å²) < 4.78 is 26.5. The highest BCUT2D eigenvalue weighted by molar-refractivity contribution is 7.89. The number of nitrogens with zero attached hydrogens (tertiary/aromatic N) is 1. The van der Waals surface area contributed by atoms with E-state index in [4.69, 9.17) is 5.11 Å². The lowest BCUT2D eigenvalue weighted by Crippen LogP contribution is -2.39. The Hall–Kier alpha value is -1.11. The molecule has 0 bridgehead atoms. The third-order valence-electron chi connectivity index (χ3n) is 3.70. The molecule has 2 N–H and O–H groups in total. The summed E-state index contributed by atoms with van der Waals surface area (Å²) in [5.74, 6) is 0.234. The van der Waals surface area contributed by atoms with E-state index >= 15 is 0 Å². The molecule has 0 aliphatic carbocycles. The summed E-state index contributed by atoms with van der Waals surface area (Å²) in [7, 11) is -3.40. The predicted octanol–water partition coefficient (Wildman–Crippen LogP) is 1.51. The van der Waals surface area contributed by atoms with Gasteiger partial charge in [0.2, 0.25) is 10.0 Å². The lowest BCUT2D eigenvalue weighted by atomic mass is 10.00. The molecule has 0 saturated carbocycles. The highest BCUT2D eigenvalue weighted by atomic mass is 32.2. The number of sulfonamides is 1. The second kappa shape index (κ2) is 6.56. The Labute approximate surface area is 120 Å². The largest absolute Gasteiger partial charge is 0.396 e. The van der Waals surface area contributed by atoms with E-state index in [0.29, 0.717) is 18.0 Å². The van der Waals surface area contributed by atoms with Crippen LogP contribution in [-0.4, -0.2) is 44.1 Å². The Morgan fingerprint density at radius 1 is 1.25 bits per heavy atom. The van der Waals surface area contributed by atoms with Crippen molar-refractivity contribution in [1.82, 2.24) is 4.31 Å². The number of piperidine rings is 1. The smallest absolute Gasteiger partial charge is 0.243 e. The molecule has 1 aromatic carbocycles. The SMILES string of the molecule is CCNc1ccc(S(=O)(=O)N2CCC(CO)CC2)cc1. The van der Waals surface area contributed by atoms with Crippen LogP contribution in [0.2, 0.25) is 0 Å². The van der Waals surface area contributed by atoms with Crippen LogP contribution in [0.15, 0.2) is 29.2 Å². The lowest BCUT2D eigenvalue weighted by molar-refractivity contribution is 0.170. The van der Waals surface area contributed by atoms with Crippen molar-refractivity contribution in [3.8, 4) is 0 Å². The number of hydrogen-bond acceptors (Lipinski definition) is 4. The van der Waals surface area contributed by atoms with E-state index in [2.05, 4.69) is 5.32 Å². The van der Waals surface area contributed by atoms with Crippen LogP contribution in [0.1, 0.15) is 19.8 Å². The number of rotatable bonds is 5. The van der Waals surface area contributed by atoms with Crippen LogP contribution in [0.4, 0.5) is 5.69 Å². The van der Waals surface area contributed by atoms with Crippen molar-refractivity contribution in [2.24, 2.45) is 5.92 Å². The Morgan fingerprint density at radius 2 is 1.85 bits per heavy atom. The Kier molecular flexibility index (Phi) is 5.01. The van der Waals surface area contributed by atoms with E-state index < -0.39 is 10.0 Å². The number of aliphatic hydroxyl groups is 1. The van der Waals surface area contributed by atoms with Gasteiger partial charge in [0.25, 0.3) is 0 Å². The normalized spacial score (nSPS) is 18.1. The van der Waals surface area contributed by atoms with Crippen LogP contribution in [0.5, 0.6) is 0 Å². The van der Waals surface area contributed by atoms with Crippen LogP contribution in [0, 0.1) is 5.92 Å². The van der Waals surface area contributed by atoms with Gasteiger partial charge >= 0.3 is 0 Å². The number of hydrogen-bond donors (Lipinski definition) is 2. The number of aliphatic hydroxyl groups excluding tert-OH is 1. The predicted molar refractivity (Wildman–Crippen MR) is 79.2 cm³/mol. The van der Waals surface area contributed by atoms with E-state index in [1.54, 1.807) is 24.3 Å². The minimum atomic E-state index is -3.40. The van der Waals surface area contributed by atoms with Crippen LogP contribution >= 0.6 is 0 Å². The maximum absolute atomic E-state index is 12.5. The summed E-state index contributed by atoms with van der Waals surface area (Å²) in [4.78, 5) is 0.335. The van der Waals surface area contributed by atoms with Gasteiger partial charge in [0, 0.05) is 31.9 Å². The van der Waals surface area contributed by atoms with Crippen molar-refractivity contribution in [2.45, 2.75) is 24.7 Å². The minimum absolute atomic E-state index is 0.144. The van der Waals surface area contributed by atoms with E-state index in [9.17, 15) is 8.42 Å². The maximum Gasteiger partial charge on any atom is 0.243 e. The van der Waals surface area contributed by atoms with Crippen LogP contribution in [0.25, 0.3) is 0 Å². The van der Waals surface area contributed by atoms with Gasteiger partial charge in [-0.1, -0.05) is 0 Å². The van der Waals surface area contributed by atoms with Crippen molar-refractivity contribution >= 4 is 15.7 Å². The Balaban J connectivity index is 2.10. The summed E-state index contributed by atoms with van der Waals surface area (Å²) in [5.41, 5.74) is 0.922. The average molecular weight is 298 g/mol. The van der Waals surface area contributed by atoms with Gasteiger partial charge in [0.15, 0.2) is 0 Å². The van der Waals surface area contributed by atoms with Crippen molar-refractivity contribution in [3.63, 3.8) is 0 Å². The molecule has 0 amide bonds. The zero-order valence-corrected chi connectivity index (χ0v) is 12.6. The molecule has 1 fully saturated rings. The van der Waals surface area contributed by atoms with E-state index in [0.717, 1.165) is 25.1 Å². The summed E-state index contributed by atoms with van der Waals surface area (Å²) in [5, 5.41) is 12.2. The molecule has 0 radical (unpaired) electrons. The third-order valence-corrected chi connectivity index (χ3v) is 5.62.